The topological polar surface area (TPSA) is 26.0 Å². The normalized spacial score (nSPS) is 10.7. The summed E-state index contributed by atoms with van der Waals surface area (Å²) < 4.78 is 5.43. The van der Waals surface area contributed by atoms with E-state index in [1.54, 1.807) is 18.7 Å². The van der Waals surface area contributed by atoms with Gasteiger partial charge in [-0.1, -0.05) is 18.2 Å². The molecule has 3 aromatic rings. The van der Waals surface area contributed by atoms with E-state index >= 15 is 0 Å². The number of fused-ring (bicyclic) bond motifs is 1. The quantitative estimate of drug-likeness (QED) is 0.594. The molecule has 15 heavy (non-hydrogen) atoms. The van der Waals surface area contributed by atoms with Crippen molar-refractivity contribution < 1.29 is 4.42 Å². The van der Waals surface area contributed by atoms with Crippen LogP contribution in [0.2, 0.25) is 0 Å². The lowest BCUT2D eigenvalue weighted by Gasteiger charge is -1.95. The monoisotopic (exact) mass is 194 g/mol. The average Bonchev–Trinajstić information content (AvgIpc) is 2.74. The van der Waals surface area contributed by atoms with Gasteiger partial charge in [0.2, 0.25) is 0 Å². The highest BCUT2D eigenvalue weighted by Gasteiger charge is 2.06. The molecule has 0 spiro atoms. The molecule has 0 atom stereocenters. The summed E-state index contributed by atoms with van der Waals surface area (Å²) in [6.45, 7) is 0. The Morgan fingerprint density at radius 1 is 1.13 bits per heavy atom. The summed E-state index contributed by atoms with van der Waals surface area (Å²) in [5.41, 5.74) is 3.00. The summed E-state index contributed by atoms with van der Waals surface area (Å²) >= 11 is 0. The summed E-state index contributed by atoms with van der Waals surface area (Å²) in [7, 11) is 0. The van der Waals surface area contributed by atoms with E-state index in [1.807, 2.05) is 30.3 Å². The molecule has 2 heteroatoms. The number of pyridine rings is 1. The molecule has 0 saturated heterocycles. The van der Waals surface area contributed by atoms with E-state index in [-0.39, 0.29) is 0 Å². The molecule has 0 saturated carbocycles. The Morgan fingerprint density at radius 3 is 2.87 bits per heavy atom. The molecule has 0 aliphatic carbocycles. The molecule has 71 valence electrons. The first-order chi connectivity index (χ1) is 7.45. The molecule has 0 bridgehead atoms. The van der Waals surface area contributed by atoms with Crippen LogP contribution in [0.4, 0.5) is 0 Å². The van der Waals surface area contributed by atoms with Crippen LogP contribution in [0.3, 0.4) is 0 Å². The van der Waals surface area contributed by atoms with E-state index in [4.69, 9.17) is 4.42 Å². The molecule has 0 aliphatic heterocycles. The third kappa shape index (κ3) is 1.31. The Labute approximate surface area is 87.2 Å². The number of para-hydroxylation sites is 1. The number of nitrogens with zero attached hydrogens (tertiary/aromatic N) is 1. The number of hydrogen-bond acceptors (Lipinski definition) is 2. The van der Waals surface area contributed by atoms with Crippen molar-refractivity contribution in [3.63, 3.8) is 0 Å². The van der Waals surface area contributed by atoms with Gasteiger partial charge in [-0.2, -0.15) is 0 Å². The van der Waals surface area contributed by atoms with Crippen LogP contribution in [-0.4, -0.2) is 4.98 Å². The summed E-state index contributed by atoms with van der Waals surface area (Å²) in [6, 6.07) is 12.8. The van der Waals surface area contributed by atoms with Crippen molar-refractivity contribution in [1.29, 1.82) is 0 Å². The van der Waals surface area contributed by atoms with Crippen molar-refractivity contribution in [2.24, 2.45) is 0 Å². The van der Waals surface area contributed by atoms with Crippen LogP contribution >= 0.6 is 0 Å². The van der Waals surface area contributed by atoms with Crippen LogP contribution in [0.15, 0.2) is 53.4 Å². The third-order valence-corrected chi connectivity index (χ3v) is 2.39. The van der Waals surface area contributed by atoms with E-state index in [1.165, 1.54) is 0 Å². The van der Waals surface area contributed by atoms with Gasteiger partial charge in [0.25, 0.3) is 0 Å². The zero-order valence-electron chi connectivity index (χ0n) is 7.97. The maximum Gasteiger partial charge on any atom is 0.142 e. The Balaban J connectivity index is 2.28. The predicted molar refractivity (Wildman–Crippen MR) is 58.3 cm³/mol. The molecule has 2 aromatic heterocycles. The first-order valence-electron chi connectivity index (χ1n) is 4.73. The lowest BCUT2D eigenvalue weighted by atomic mass is 10.1. The van der Waals surface area contributed by atoms with Crippen molar-refractivity contribution in [3.8, 4) is 11.1 Å². The highest BCUT2D eigenvalue weighted by molar-refractivity contribution is 5.93. The minimum Gasteiger partial charge on any atom is -0.463 e. The minimum absolute atomic E-state index is 0.796. The highest BCUT2D eigenvalue weighted by atomic mass is 16.3. The fourth-order valence-electron chi connectivity index (χ4n) is 1.67. The van der Waals surface area contributed by atoms with Crippen molar-refractivity contribution in [2.45, 2.75) is 0 Å². The zero-order valence-corrected chi connectivity index (χ0v) is 7.97. The van der Waals surface area contributed by atoms with Gasteiger partial charge in [-0.05, 0) is 17.7 Å². The average molecular weight is 194 g/mol. The van der Waals surface area contributed by atoms with Gasteiger partial charge in [-0.3, -0.25) is 4.98 Å². The standard InChI is InChI=1S/C13H8NO/c1-2-4-13-11(3-1)12(9-15-13)10-5-7-14-8-6-10/h1-3,5-9H. The fourth-order valence-corrected chi connectivity index (χ4v) is 1.67. The van der Waals surface area contributed by atoms with Crippen molar-refractivity contribution in [2.75, 3.05) is 0 Å². The van der Waals surface area contributed by atoms with Gasteiger partial charge in [0, 0.05) is 29.4 Å². The molecule has 1 aromatic carbocycles. The van der Waals surface area contributed by atoms with E-state index in [2.05, 4.69) is 11.1 Å². The first-order valence-corrected chi connectivity index (χ1v) is 4.73. The van der Waals surface area contributed by atoms with Gasteiger partial charge in [0.15, 0.2) is 0 Å². The maximum atomic E-state index is 5.43. The van der Waals surface area contributed by atoms with Gasteiger partial charge in [-0.25, -0.2) is 0 Å². The maximum absolute atomic E-state index is 5.43. The first kappa shape index (κ1) is 8.24. The van der Waals surface area contributed by atoms with Gasteiger partial charge >= 0.3 is 0 Å². The lowest BCUT2D eigenvalue weighted by molar-refractivity contribution is 0.616. The van der Waals surface area contributed by atoms with Gasteiger partial charge < -0.3 is 4.42 Å². The number of rotatable bonds is 1. The zero-order chi connectivity index (χ0) is 10.1. The van der Waals surface area contributed by atoms with Crippen LogP contribution in [-0.2, 0) is 0 Å². The number of furan rings is 1. The molecule has 1 radical (unpaired) electrons. The summed E-state index contributed by atoms with van der Waals surface area (Å²) in [5, 5.41) is 1.09. The van der Waals surface area contributed by atoms with Gasteiger partial charge in [0.1, 0.15) is 5.58 Å². The van der Waals surface area contributed by atoms with E-state index in [9.17, 15) is 0 Å². The second-order valence-corrected chi connectivity index (χ2v) is 3.30. The van der Waals surface area contributed by atoms with Crippen LogP contribution < -0.4 is 0 Å². The van der Waals surface area contributed by atoms with Crippen LogP contribution in [0.25, 0.3) is 22.1 Å². The van der Waals surface area contributed by atoms with E-state index in [0.717, 1.165) is 22.1 Å². The Bertz CT molecular complexity index is 584. The van der Waals surface area contributed by atoms with Crippen LogP contribution in [0.1, 0.15) is 0 Å². The van der Waals surface area contributed by atoms with Crippen LogP contribution in [0.5, 0.6) is 0 Å². The summed E-state index contributed by atoms with van der Waals surface area (Å²) in [5.74, 6) is 0. The second-order valence-electron chi connectivity index (χ2n) is 3.30. The minimum atomic E-state index is 0.796. The molecule has 0 amide bonds. The van der Waals surface area contributed by atoms with Crippen molar-refractivity contribution in [1.82, 2.24) is 4.98 Å². The molecular weight excluding hydrogens is 186 g/mol. The predicted octanol–water partition coefficient (Wildman–Crippen LogP) is 3.29. The Kier molecular flexibility index (Phi) is 1.78. The van der Waals surface area contributed by atoms with Crippen molar-refractivity contribution >= 4 is 11.0 Å². The molecular formula is C13H8NO. The third-order valence-electron chi connectivity index (χ3n) is 2.39. The van der Waals surface area contributed by atoms with E-state index < -0.39 is 0 Å². The molecule has 3 rings (SSSR count). The Morgan fingerprint density at radius 2 is 2.00 bits per heavy atom. The smallest absolute Gasteiger partial charge is 0.142 e. The number of benzene rings is 1. The molecule has 0 unspecified atom stereocenters. The van der Waals surface area contributed by atoms with Gasteiger partial charge in [0.05, 0.1) is 6.26 Å². The number of hydrogen-bond donors (Lipinski definition) is 0. The SMILES string of the molecule is [c]1cccc2c(-c3ccncc3)coc12. The van der Waals surface area contributed by atoms with Gasteiger partial charge in [-0.15, -0.1) is 0 Å². The molecule has 2 nitrogen and oxygen atoms in total. The Hall–Kier alpha value is -2.09. The molecule has 2 heterocycles. The molecule has 0 N–H and O–H groups in total. The largest absolute Gasteiger partial charge is 0.463 e. The second kappa shape index (κ2) is 3.24. The summed E-state index contributed by atoms with van der Waals surface area (Å²) in [6.07, 6.45) is 5.32. The van der Waals surface area contributed by atoms with Crippen LogP contribution in [0, 0.1) is 6.07 Å². The highest BCUT2D eigenvalue weighted by Crippen LogP contribution is 2.29. The van der Waals surface area contributed by atoms with Crippen molar-refractivity contribution in [3.05, 3.63) is 55.1 Å². The summed E-state index contributed by atoms with van der Waals surface area (Å²) in [4.78, 5) is 4.00. The fraction of sp³-hybridized carbons (Fsp3) is 0. The molecule has 0 fully saturated rings. The molecule has 0 aliphatic rings. The number of aromatic nitrogens is 1. The van der Waals surface area contributed by atoms with E-state index in [0.29, 0.717) is 0 Å². The lowest BCUT2D eigenvalue weighted by Crippen LogP contribution is -1.75.